The minimum absolute atomic E-state index is 0.487. The van der Waals surface area contributed by atoms with E-state index in [2.05, 4.69) is 26.0 Å². The summed E-state index contributed by atoms with van der Waals surface area (Å²) in [5, 5.41) is 15.9. The van der Waals surface area contributed by atoms with Crippen molar-refractivity contribution in [1.29, 1.82) is 0 Å². The molecule has 3 rings (SSSR count). The molecule has 0 spiro atoms. The lowest BCUT2D eigenvalue weighted by molar-refractivity contribution is 0.170. The van der Waals surface area contributed by atoms with Gasteiger partial charge in [-0.3, -0.25) is 4.68 Å². The Morgan fingerprint density at radius 1 is 1.29 bits per heavy atom. The van der Waals surface area contributed by atoms with Gasteiger partial charge in [-0.1, -0.05) is 18.2 Å². The van der Waals surface area contributed by atoms with Crippen molar-refractivity contribution in [3.8, 4) is 0 Å². The monoisotopic (exact) mass is 345 g/mol. The molecule has 0 saturated carbocycles. The van der Waals surface area contributed by atoms with Gasteiger partial charge in [-0.2, -0.15) is 5.10 Å². The number of halogens is 1. The smallest absolute Gasteiger partial charge is 0.103 e. The van der Waals surface area contributed by atoms with Crippen LogP contribution in [0.15, 0.2) is 40.9 Å². The molecule has 0 saturated heterocycles. The predicted octanol–water partition coefficient (Wildman–Crippen LogP) is 3.32. The molecule has 4 nitrogen and oxygen atoms in total. The molecular formula is C16H16BrN3O. The van der Waals surface area contributed by atoms with Gasteiger partial charge in [-0.25, -0.2) is 4.98 Å². The van der Waals surface area contributed by atoms with E-state index in [9.17, 15) is 5.11 Å². The molecule has 108 valence electrons. The van der Waals surface area contributed by atoms with Crippen molar-refractivity contribution >= 4 is 26.8 Å². The summed E-state index contributed by atoms with van der Waals surface area (Å²) in [7, 11) is 1.89. The van der Waals surface area contributed by atoms with Gasteiger partial charge in [0, 0.05) is 29.0 Å². The van der Waals surface area contributed by atoms with Crippen molar-refractivity contribution in [2.75, 3.05) is 0 Å². The molecule has 21 heavy (non-hydrogen) atoms. The average Bonchev–Trinajstić information content (AvgIpc) is 2.76. The summed E-state index contributed by atoms with van der Waals surface area (Å²) in [6.07, 6.45) is -0.180. The fraction of sp³-hybridized carbons (Fsp3) is 0.250. The third-order valence-electron chi connectivity index (χ3n) is 3.52. The molecule has 1 atom stereocenters. The van der Waals surface area contributed by atoms with Crippen molar-refractivity contribution in [1.82, 2.24) is 14.8 Å². The van der Waals surface area contributed by atoms with E-state index in [-0.39, 0.29) is 0 Å². The normalized spacial score (nSPS) is 12.8. The van der Waals surface area contributed by atoms with Gasteiger partial charge in [-0.15, -0.1) is 0 Å². The van der Waals surface area contributed by atoms with E-state index in [1.165, 1.54) is 0 Å². The Kier molecular flexibility index (Phi) is 3.78. The maximum atomic E-state index is 10.5. The van der Waals surface area contributed by atoms with Gasteiger partial charge in [0.25, 0.3) is 0 Å². The maximum Gasteiger partial charge on any atom is 0.103 e. The summed E-state index contributed by atoms with van der Waals surface area (Å²) < 4.78 is 2.63. The van der Waals surface area contributed by atoms with Crippen LogP contribution in [-0.4, -0.2) is 19.9 Å². The molecule has 0 aliphatic rings. The van der Waals surface area contributed by atoms with Crippen LogP contribution >= 0.6 is 15.9 Å². The van der Waals surface area contributed by atoms with Gasteiger partial charge in [0.1, 0.15) is 6.10 Å². The summed E-state index contributed by atoms with van der Waals surface area (Å²) in [6, 6.07) is 11.9. The van der Waals surface area contributed by atoms with Gasteiger partial charge < -0.3 is 5.11 Å². The number of para-hydroxylation sites is 1. The Bertz CT molecular complexity index is 797. The van der Waals surface area contributed by atoms with Crippen molar-refractivity contribution in [2.45, 2.75) is 19.4 Å². The van der Waals surface area contributed by atoms with Gasteiger partial charge in [0.2, 0.25) is 0 Å². The molecule has 2 heterocycles. The lowest BCUT2D eigenvalue weighted by Crippen LogP contribution is -2.09. The summed E-state index contributed by atoms with van der Waals surface area (Å²) in [5.74, 6) is 0. The zero-order valence-electron chi connectivity index (χ0n) is 11.9. The first-order valence-corrected chi connectivity index (χ1v) is 7.56. The first-order chi connectivity index (χ1) is 10.0. The third kappa shape index (κ3) is 2.84. The molecular weight excluding hydrogens is 330 g/mol. The van der Waals surface area contributed by atoms with Crippen LogP contribution in [0.25, 0.3) is 10.9 Å². The zero-order valence-corrected chi connectivity index (χ0v) is 13.5. The Hall–Kier alpha value is -1.72. The van der Waals surface area contributed by atoms with Crippen LogP contribution < -0.4 is 0 Å². The lowest BCUT2D eigenvalue weighted by Gasteiger charge is -2.13. The first-order valence-electron chi connectivity index (χ1n) is 6.77. The van der Waals surface area contributed by atoms with Crippen molar-refractivity contribution in [2.24, 2.45) is 7.05 Å². The van der Waals surface area contributed by atoms with Gasteiger partial charge in [0.15, 0.2) is 0 Å². The molecule has 0 aliphatic carbocycles. The molecule has 0 fully saturated rings. The Labute approximate surface area is 131 Å². The predicted molar refractivity (Wildman–Crippen MR) is 86.1 cm³/mol. The summed E-state index contributed by atoms with van der Waals surface area (Å²) >= 11 is 3.51. The third-order valence-corrected chi connectivity index (χ3v) is 4.16. The zero-order chi connectivity index (χ0) is 15.0. The SMILES string of the molecule is Cc1cc(CC(O)c2nc3ccccc3cc2Br)n(C)n1. The van der Waals surface area contributed by atoms with Crippen LogP contribution in [0.1, 0.15) is 23.2 Å². The van der Waals surface area contributed by atoms with Crippen LogP contribution in [0.3, 0.4) is 0 Å². The van der Waals surface area contributed by atoms with Crippen molar-refractivity contribution < 1.29 is 5.11 Å². The number of pyridine rings is 1. The largest absolute Gasteiger partial charge is 0.386 e. The summed E-state index contributed by atoms with van der Waals surface area (Å²) in [5.41, 5.74) is 3.48. The fourth-order valence-corrected chi connectivity index (χ4v) is 3.09. The van der Waals surface area contributed by atoms with Gasteiger partial charge in [0.05, 0.1) is 16.9 Å². The number of aliphatic hydroxyl groups excluding tert-OH is 1. The highest BCUT2D eigenvalue weighted by molar-refractivity contribution is 9.10. The number of aromatic nitrogens is 3. The van der Waals surface area contributed by atoms with E-state index in [4.69, 9.17) is 0 Å². The Morgan fingerprint density at radius 2 is 2.05 bits per heavy atom. The molecule has 0 radical (unpaired) electrons. The second kappa shape index (κ2) is 5.58. The molecule has 0 aliphatic heterocycles. The van der Waals surface area contributed by atoms with Crippen LogP contribution in [-0.2, 0) is 13.5 Å². The second-order valence-electron chi connectivity index (χ2n) is 5.17. The molecule has 1 N–H and O–H groups in total. The molecule has 0 amide bonds. The number of hydrogen-bond acceptors (Lipinski definition) is 3. The Morgan fingerprint density at radius 3 is 2.76 bits per heavy atom. The quantitative estimate of drug-likeness (QED) is 0.792. The number of aliphatic hydroxyl groups is 1. The maximum absolute atomic E-state index is 10.5. The summed E-state index contributed by atoms with van der Waals surface area (Å²) in [4.78, 5) is 4.58. The van der Waals surface area contributed by atoms with E-state index in [0.29, 0.717) is 12.1 Å². The van der Waals surface area contributed by atoms with Crippen LogP contribution in [0.5, 0.6) is 0 Å². The second-order valence-corrected chi connectivity index (χ2v) is 6.02. The molecule has 0 bridgehead atoms. The highest BCUT2D eigenvalue weighted by Crippen LogP contribution is 2.28. The molecule has 2 aromatic heterocycles. The van der Waals surface area contributed by atoms with E-state index < -0.39 is 6.10 Å². The molecule has 5 heteroatoms. The number of nitrogens with zero attached hydrogens (tertiary/aromatic N) is 3. The van der Waals surface area contributed by atoms with E-state index in [1.54, 1.807) is 4.68 Å². The number of aryl methyl sites for hydroxylation is 2. The highest BCUT2D eigenvalue weighted by atomic mass is 79.9. The highest BCUT2D eigenvalue weighted by Gasteiger charge is 2.17. The standard InChI is InChI=1S/C16H16BrN3O/c1-10-7-12(20(2)19-10)9-15(21)16-13(17)8-11-5-3-4-6-14(11)18-16/h3-8,15,21H,9H2,1-2H3. The number of rotatable bonds is 3. The molecule has 3 aromatic rings. The Balaban J connectivity index is 1.95. The molecule has 1 aromatic carbocycles. The van der Waals surface area contributed by atoms with Crippen LogP contribution in [0, 0.1) is 6.92 Å². The fourth-order valence-electron chi connectivity index (χ4n) is 2.49. The van der Waals surface area contributed by atoms with E-state index in [1.807, 2.05) is 50.4 Å². The van der Waals surface area contributed by atoms with Gasteiger partial charge in [-0.05, 0) is 41.1 Å². The lowest BCUT2D eigenvalue weighted by atomic mass is 10.1. The van der Waals surface area contributed by atoms with E-state index >= 15 is 0 Å². The van der Waals surface area contributed by atoms with Crippen molar-refractivity contribution in [3.05, 3.63) is 58.0 Å². The van der Waals surface area contributed by atoms with Gasteiger partial charge >= 0.3 is 0 Å². The first kappa shape index (κ1) is 14.2. The van der Waals surface area contributed by atoms with Crippen LogP contribution in [0.4, 0.5) is 0 Å². The van der Waals surface area contributed by atoms with Crippen molar-refractivity contribution in [3.63, 3.8) is 0 Å². The molecule has 1 unspecified atom stereocenters. The number of fused-ring (bicyclic) bond motifs is 1. The number of benzene rings is 1. The number of hydrogen-bond donors (Lipinski definition) is 1. The topological polar surface area (TPSA) is 50.9 Å². The van der Waals surface area contributed by atoms with Crippen LogP contribution in [0.2, 0.25) is 0 Å². The average molecular weight is 346 g/mol. The minimum atomic E-state index is -0.668. The minimum Gasteiger partial charge on any atom is -0.386 e. The summed E-state index contributed by atoms with van der Waals surface area (Å²) in [6.45, 7) is 1.94. The van der Waals surface area contributed by atoms with E-state index in [0.717, 1.165) is 26.8 Å².